The third-order valence-electron chi connectivity index (χ3n) is 3.80. The van der Waals surface area contributed by atoms with Gasteiger partial charge in [0.2, 0.25) is 11.8 Å². The summed E-state index contributed by atoms with van der Waals surface area (Å²) in [5, 5.41) is 2.64. The Morgan fingerprint density at radius 1 is 1.04 bits per heavy atom. The van der Waals surface area contributed by atoms with Crippen molar-refractivity contribution in [2.45, 2.75) is 6.92 Å². The maximum atomic E-state index is 12.4. The summed E-state index contributed by atoms with van der Waals surface area (Å²) in [6.45, 7) is 1.86. The molecule has 0 saturated carbocycles. The van der Waals surface area contributed by atoms with E-state index in [1.165, 1.54) is 4.90 Å². The third-order valence-corrected chi connectivity index (χ3v) is 3.80. The van der Waals surface area contributed by atoms with E-state index in [0.29, 0.717) is 11.4 Å². The van der Waals surface area contributed by atoms with E-state index >= 15 is 0 Å². The molecule has 2 aromatic rings. The highest BCUT2D eigenvalue weighted by Gasteiger charge is 2.44. The van der Waals surface area contributed by atoms with Crippen LogP contribution < -0.4 is 10.2 Å². The topological polar surface area (TPSA) is 66.5 Å². The van der Waals surface area contributed by atoms with Crippen molar-refractivity contribution >= 4 is 29.0 Å². The van der Waals surface area contributed by atoms with Gasteiger partial charge in [0, 0.05) is 11.4 Å². The number of para-hydroxylation sites is 1. The molecule has 1 heterocycles. The molecule has 5 heteroatoms. The first-order valence-electron chi connectivity index (χ1n) is 7.33. The van der Waals surface area contributed by atoms with Gasteiger partial charge < -0.3 is 10.2 Å². The van der Waals surface area contributed by atoms with Gasteiger partial charge in [0.1, 0.15) is 0 Å². The third kappa shape index (κ3) is 2.99. The van der Waals surface area contributed by atoms with Crippen LogP contribution in [-0.2, 0) is 14.4 Å². The van der Waals surface area contributed by atoms with Gasteiger partial charge in [-0.2, -0.15) is 0 Å². The summed E-state index contributed by atoms with van der Waals surface area (Å²) in [6, 6.07) is 16.1. The summed E-state index contributed by atoms with van der Waals surface area (Å²) < 4.78 is 0. The maximum absolute atomic E-state index is 12.4. The summed E-state index contributed by atoms with van der Waals surface area (Å²) in [4.78, 5) is 38.2. The lowest BCUT2D eigenvalue weighted by Crippen LogP contribution is -2.34. The molecule has 23 heavy (non-hydrogen) atoms. The second-order valence-electron chi connectivity index (χ2n) is 5.51. The van der Waals surface area contributed by atoms with Gasteiger partial charge in [0.05, 0.1) is 6.54 Å². The Hall–Kier alpha value is -2.95. The van der Waals surface area contributed by atoms with Crippen LogP contribution >= 0.6 is 0 Å². The van der Waals surface area contributed by atoms with Gasteiger partial charge in [-0.25, -0.2) is 0 Å². The minimum Gasteiger partial charge on any atom is -0.325 e. The van der Waals surface area contributed by atoms with E-state index in [9.17, 15) is 14.4 Å². The van der Waals surface area contributed by atoms with Crippen molar-refractivity contribution < 1.29 is 14.4 Å². The normalized spacial score (nSPS) is 17.4. The number of Topliss-reactive ketones (excluding diaryl/α,β-unsaturated/α-hetero) is 1. The number of nitrogens with zero attached hydrogens (tertiary/aromatic N) is 1. The number of hydrogen-bond donors (Lipinski definition) is 1. The maximum Gasteiger partial charge on any atom is 0.247 e. The Balaban J connectivity index is 1.77. The largest absolute Gasteiger partial charge is 0.325 e. The smallest absolute Gasteiger partial charge is 0.247 e. The summed E-state index contributed by atoms with van der Waals surface area (Å²) in [6.07, 6.45) is 0. The van der Waals surface area contributed by atoms with Gasteiger partial charge in [-0.15, -0.1) is 0 Å². The molecule has 1 aliphatic rings. The lowest BCUT2D eigenvalue weighted by atomic mass is 10.1. The average Bonchev–Trinajstić information content (AvgIpc) is 2.85. The van der Waals surface area contributed by atoms with Crippen LogP contribution in [0.2, 0.25) is 0 Å². The van der Waals surface area contributed by atoms with Crippen molar-refractivity contribution in [2.24, 2.45) is 5.92 Å². The summed E-state index contributed by atoms with van der Waals surface area (Å²) in [7, 11) is 0. The molecule has 1 atom stereocenters. The van der Waals surface area contributed by atoms with E-state index in [4.69, 9.17) is 0 Å². The van der Waals surface area contributed by atoms with Gasteiger partial charge in [0.15, 0.2) is 11.7 Å². The number of ketones is 1. The number of carbonyl (C=O) groups excluding carboxylic acids is 3. The first kappa shape index (κ1) is 15.0. The zero-order chi connectivity index (χ0) is 16.4. The lowest BCUT2D eigenvalue weighted by Gasteiger charge is -2.15. The second-order valence-corrected chi connectivity index (χ2v) is 5.51. The molecule has 2 amide bonds. The summed E-state index contributed by atoms with van der Waals surface area (Å²) >= 11 is 0. The fourth-order valence-corrected chi connectivity index (χ4v) is 2.55. The number of amides is 2. The fourth-order valence-electron chi connectivity index (χ4n) is 2.55. The Labute approximate surface area is 133 Å². The molecule has 0 aliphatic carbocycles. The number of anilines is 2. The van der Waals surface area contributed by atoms with Gasteiger partial charge in [-0.3, -0.25) is 14.4 Å². The van der Waals surface area contributed by atoms with Gasteiger partial charge >= 0.3 is 0 Å². The molecule has 2 aromatic carbocycles. The molecule has 0 spiro atoms. The zero-order valence-corrected chi connectivity index (χ0v) is 12.7. The monoisotopic (exact) mass is 308 g/mol. The Morgan fingerprint density at radius 3 is 2.35 bits per heavy atom. The highest BCUT2D eigenvalue weighted by Crippen LogP contribution is 2.24. The quantitative estimate of drug-likeness (QED) is 0.884. The Bertz CT molecular complexity index is 754. The van der Waals surface area contributed by atoms with Crippen molar-refractivity contribution in [2.75, 3.05) is 16.8 Å². The first-order chi connectivity index (χ1) is 11.1. The molecular weight excluding hydrogens is 292 g/mol. The molecule has 1 aliphatic heterocycles. The molecule has 0 bridgehead atoms. The molecule has 1 fully saturated rings. The van der Waals surface area contributed by atoms with Crippen LogP contribution in [0, 0.1) is 12.8 Å². The van der Waals surface area contributed by atoms with Gasteiger partial charge in [0.25, 0.3) is 0 Å². The Kier molecular flexibility index (Phi) is 3.93. The van der Waals surface area contributed by atoms with Crippen molar-refractivity contribution in [1.82, 2.24) is 0 Å². The van der Waals surface area contributed by atoms with Crippen LogP contribution in [-0.4, -0.2) is 24.1 Å². The second kappa shape index (κ2) is 6.04. The van der Waals surface area contributed by atoms with Gasteiger partial charge in [-0.05, 0) is 31.2 Å². The molecule has 5 nitrogen and oxygen atoms in total. The number of nitrogens with one attached hydrogen (secondary N) is 1. The molecule has 1 unspecified atom stereocenters. The molecule has 1 N–H and O–H groups in total. The molecule has 0 aromatic heterocycles. The van der Waals surface area contributed by atoms with E-state index in [2.05, 4.69) is 5.32 Å². The van der Waals surface area contributed by atoms with Crippen LogP contribution in [0.5, 0.6) is 0 Å². The Morgan fingerprint density at radius 2 is 1.70 bits per heavy atom. The van der Waals surface area contributed by atoms with E-state index in [0.717, 1.165) is 5.56 Å². The number of benzene rings is 2. The van der Waals surface area contributed by atoms with Crippen molar-refractivity contribution in [3.05, 3.63) is 60.2 Å². The summed E-state index contributed by atoms with van der Waals surface area (Å²) in [5.74, 6) is -2.73. The van der Waals surface area contributed by atoms with Crippen molar-refractivity contribution in [1.29, 1.82) is 0 Å². The standard InChI is InChI=1S/C18H16N2O3/c1-12-7-9-13(10-8-12)19-17(22)16-15(21)11-20(18(16)23)14-5-3-2-4-6-14/h2-10,16H,11H2,1H3,(H,19,22). The lowest BCUT2D eigenvalue weighted by molar-refractivity contribution is -0.134. The molecule has 116 valence electrons. The van der Waals surface area contributed by atoms with E-state index in [-0.39, 0.29) is 12.3 Å². The van der Waals surface area contributed by atoms with Gasteiger partial charge in [-0.1, -0.05) is 35.9 Å². The first-order valence-corrected chi connectivity index (χ1v) is 7.33. The molecule has 3 rings (SSSR count). The predicted molar refractivity (Wildman–Crippen MR) is 87.1 cm³/mol. The minimum absolute atomic E-state index is 0.0746. The molecular formula is C18H16N2O3. The number of carbonyl (C=O) groups is 3. The zero-order valence-electron chi connectivity index (χ0n) is 12.7. The van der Waals surface area contributed by atoms with Crippen LogP contribution in [0.4, 0.5) is 11.4 Å². The molecule has 0 radical (unpaired) electrons. The van der Waals surface area contributed by atoms with Crippen molar-refractivity contribution in [3.8, 4) is 0 Å². The highest BCUT2D eigenvalue weighted by molar-refractivity contribution is 6.30. The van der Waals surface area contributed by atoms with Crippen LogP contribution in [0.3, 0.4) is 0 Å². The van der Waals surface area contributed by atoms with Crippen LogP contribution in [0.1, 0.15) is 5.56 Å². The number of aryl methyl sites for hydroxylation is 1. The SMILES string of the molecule is Cc1ccc(NC(=O)C2C(=O)CN(c3ccccc3)C2=O)cc1. The van der Waals surface area contributed by atoms with Crippen LogP contribution in [0.25, 0.3) is 0 Å². The van der Waals surface area contributed by atoms with E-state index in [1.807, 2.05) is 25.1 Å². The predicted octanol–water partition coefficient (Wildman–Crippen LogP) is 2.17. The number of hydrogen-bond acceptors (Lipinski definition) is 3. The highest BCUT2D eigenvalue weighted by atomic mass is 16.2. The fraction of sp³-hybridized carbons (Fsp3) is 0.167. The van der Waals surface area contributed by atoms with E-state index < -0.39 is 17.7 Å². The van der Waals surface area contributed by atoms with Crippen molar-refractivity contribution in [3.63, 3.8) is 0 Å². The summed E-state index contributed by atoms with van der Waals surface area (Å²) in [5.41, 5.74) is 2.25. The molecule has 1 saturated heterocycles. The van der Waals surface area contributed by atoms with E-state index in [1.54, 1.807) is 36.4 Å². The number of rotatable bonds is 3. The average molecular weight is 308 g/mol. The minimum atomic E-state index is -1.28. The van der Waals surface area contributed by atoms with Crippen LogP contribution in [0.15, 0.2) is 54.6 Å².